The fourth-order valence-corrected chi connectivity index (χ4v) is 3.67. The molecule has 1 saturated heterocycles. The van der Waals surface area contributed by atoms with Crippen LogP contribution in [0.5, 0.6) is 5.75 Å². The molecule has 0 amide bonds. The number of piperidine rings is 1. The number of benzene rings is 2. The lowest BCUT2D eigenvalue weighted by atomic mass is 10.0. The summed E-state index contributed by atoms with van der Waals surface area (Å²) in [6.07, 6.45) is 0.925. The van der Waals surface area contributed by atoms with Crippen LogP contribution in [0.15, 0.2) is 36.4 Å². The number of imidazole rings is 1. The van der Waals surface area contributed by atoms with Gasteiger partial charge < -0.3 is 19.7 Å². The minimum atomic E-state index is -0.786. The summed E-state index contributed by atoms with van der Waals surface area (Å²) in [5.41, 5.74) is 2.45. The molecule has 5 nitrogen and oxygen atoms in total. The summed E-state index contributed by atoms with van der Waals surface area (Å²) in [6.45, 7) is 3.61. The van der Waals surface area contributed by atoms with E-state index in [0.29, 0.717) is 11.4 Å². The Morgan fingerprint density at radius 1 is 1.26 bits per heavy atom. The molecule has 1 aromatic heterocycles. The third kappa shape index (κ3) is 3.68. The lowest BCUT2D eigenvalue weighted by Crippen LogP contribution is -2.35. The zero-order valence-corrected chi connectivity index (χ0v) is 15.6. The minimum absolute atomic E-state index is 0.0143. The van der Waals surface area contributed by atoms with E-state index < -0.39 is 11.9 Å². The van der Waals surface area contributed by atoms with Crippen LogP contribution in [0.3, 0.4) is 0 Å². The first kappa shape index (κ1) is 17.9. The van der Waals surface area contributed by atoms with E-state index in [-0.39, 0.29) is 17.4 Å². The number of fused-ring (bicyclic) bond motifs is 1. The average molecular weight is 369 g/mol. The number of phenols is 1. The highest BCUT2D eigenvalue weighted by Crippen LogP contribution is 2.36. The number of aromatic hydroxyl groups is 1. The fraction of sp³-hybridized carbons (Fsp3) is 0.381. The topological polar surface area (TPSA) is 61.4 Å². The Balaban J connectivity index is 1.75. The van der Waals surface area contributed by atoms with Crippen molar-refractivity contribution in [3.63, 3.8) is 0 Å². The molecule has 1 fully saturated rings. The molecule has 0 saturated carbocycles. The summed E-state index contributed by atoms with van der Waals surface area (Å²) < 4.78 is 21.2. The highest BCUT2D eigenvalue weighted by molar-refractivity contribution is 5.75. The van der Waals surface area contributed by atoms with Gasteiger partial charge in [-0.25, -0.2) is 9.37 Å². The van der Waals surface area contributed by atoms with Crippen LogP contribution in [0, 0.1) is 12.7 Å². The van der Waals surface area contributed by atoms with Crippen LogP contribution in [-0.4, -0.2) is 46.2 Å². The van der Waals surface area contributed by atoms with Crippen LogP contribution in [0.1, 0.15) is 35.9 Å². The maximum atomic E-state index is 14.8. The van der Waals surface area contributed by atoms with E-state index in [2.05, 4.69) is 21.9 Å². The van der Waals surface area contributed by atoms with Crippen molar-refractivity contribution in [3.05, 3.63) is 59.2 Å². The Labute approximate surface area is 157 Å². The van der Waals surface area contributed by atoms with Crippen molar-refractivity contribution >= 4 is 11.0 Å². The van der Waals surface area contributed by atoms with Gasteiger partial charge in [0.15, 0.2) is 0 Å². The molecule has 2 heterocycles. The van der Waals surface area contributed by atoms with Crippen molar-refractivity contribution < 1.29 is 14.2 Å². The van der Waals surface area contributed by atoms with Crippen molar-refractivity contribution in [1.29, 1.82) is 0 Å². The molecule has 1 unspecified atom stereocenters. The maximum Gasteiger partial charge on any atom is 0.147 e. The predicted molar refractivity (Wildman–Crippen MR) is 102 cm³/mol. The van der Waals surface area contributed by atoms with Gasteiger partial charge in [0, 0.05) is 13.1 Å². The first-order chi connectivity index (χ1) is 13.0. The number of rotatable bonds is 4. The van der Waals surface area contributed by atoms with E-state index in [9.17, 15) is 9.50 Å². The number of nitrogens with zero attached hydrogens (tertiary/aromatic N) is 2. The van der Waals surface area contributed by atoms with E-state index in [1.54, 1.807) is 13.0 Å². The van der Waals surface area contributed by atoms with E-state index in [0.717, 1.165) is 37.0 Å². The van der Waals surface area contributed by atoms with Crippen LogP contribution in [0.25, 0.3) is 11.0 Å². The number of para-hydroxylation sites is 2. The second-order valence-corrected chi connectivity index (χ2v) is 7.34. The van der Waals surface area contributed by atoms with Gasteiger partial charge in [-0.1, -0.05) is 12.1 Å². The normalized spacial score (nSPS) is 17.4. The molecule has 142 valence electrons. The molecule has 1 atom stereocenters. The number of hydrogen-bond donors (Lipinski definition) is 2. The molecular formula is C21H24FN3O2. The van der Waals surface area contributed by atoms with Gasteiger partial charge in [0.25, 0.3) is 0 Å². The highest BCUT2D eigenvalue weighted by atomic mass is 19.1. The number of phenolic OH excluding ortho intramolecular Hbond substituents is 1. The number of aromatic nitrogens is 2. The number of H-pyrrole nitrogens is 1. The molecular weight excluding hydrogens is 345 g/mol. The molecule has 2 N–H and O–H groups in total. The van der Waals surface area contributed by atoms with E-state index in [1.807, 2.05) is 24.3 Å². The minimum Gasteiger partial charge on any atom is -0.507 e. The molecule has 4 rings (SSSR count). The molecule has 27 heavy (non-hydrogen) atoms. The molecule has 6 heteroatoms. The van der Waals surface area contributed by atoms with Crippen molar-refractivity contribution in [2.45, 2.75) is 32.0 Å². The van der Waals surface area contributed by atoms with Crippen LogP contribution in [-0.2, 0) is 4.74 Å². The van der Waals surface area contributed by atoms with Gasteiger partial charge in [0.2, 0.25) is 0 Å². The average Bonchev–Trinajstić information content (AvgIpc) is 3.05. The Morgan fingerprint density at radius 3 is 2.70 bits per heavy atom. The lowest BCUT2D eigenvalue weighted by molar-refractivity contribution is -0.0284. The highest BCUT2D eigenvalue weighted by Gasteiger charge is 2.30. The van der Waals surface area contributed by atoms with Crippen molar-refractivity contribution in [3.8, 4) is 5.75 Å². The monoisotopic (exact) mass is 369 g/mol. The Morgan fingerprint density at radius 2 is 2.00 bits per heavy atom. The van der Waals surface area contributed by atoms with Gasteiger partial charge in [0.05, 0.1) is 22.7 Å². The summed E-state index contributed by atoms with van der Waals surface area (Å²) in [7, 11) is 2.08. The van der Waals surface area contributed by atoms with E-state index in [4.69, 9.17) is 4.74 Å². The molecule has 0 bridgehead atoms. The fourth-order valence-electron chi connectivity index (χ4n) is 3.67. The zero-order chi connectivity index (χ0) is 19.0. The Bertz CT molecular complexity index is 891. The van der Waals surface area contributed by atoms with Crippen molar-refractivity contribution in [2.24, 2.45) is 0 Å². The van der Waals surface area contributed by atoms with Crippen LogP contribution >= 0.6 is 0 Å². The second-order valence-electron chi connectivity index (χ2n) is 7.34. The summed E-state index contributed by atoms with van der Waals surface area (Å²) in [4.78, 5) is 10.1. The third-order valence-electron chi connectivity index (χ3n) is 5.16. The van der Waals surface area contributed by atoms with Gasteiger partial charge in [-0.15, -0.1) is 0 Å². The molecule has 0 radical (unpaired) electrons. The van der Waals surface area contributed by atoms with E-state index >= 15 is 0 Å². The second kappa shape index (κ2) is 7.29. The number of nitrogens with one attached hydrogen (secondary N) is 1. The molecule has 2 aromatic carbocycles. The number of aromatic amines is 1. The summed E-state index contributed by atoms with van der Waals surface area (Å²) in [6, 6.07) is 10.6. The number of ether oxygens (including phenoxy) is 1. The van der Waals surface area contributed by atoms with Gasteiger partial charge in [-0.2, -0.15) is 0 Å². The number of hydrogen-bond acceptors (Lipinski definition) is 4. The lowest BCUT2D eigenvalue weighted by Gasteiger charge is -2.31. The van der Waals surface area contributed by atoms with Crippen LogP contribution < -0.4 is 0 Å². The molecule has 0 aliphatic carbocycles. The largest absolute Gasteiger partial charge is 0.507 e. The SMILES string of the molecule is Cc1cc(O)c(C(OC2CCN(C)CC2)c2nc3ccccc3[nH]2)c(F)c1. The first-order valence-electron chi connectivity index (χ1n) is 9.29. The number of halogens is 1. The molecule has 1 aliphatic heterocycles. The number of aryl methyl sites for hydroxylation is 1. The van der Waals surface area contributed by atoms with Crippen LogP contribution in [0.4, 0.5) is 4.39 Å². The standard InChI is InChI=1S/C21H24FN3O2/c1-13-11-15(22)19(18(26)12-13)20(27-14-7-9-25(2)10-8-14)21-23-16-5-3-4-6-17(16)24-21/h3-6,11-12,14,20,26H,7-10H2,1-2H3,(H,23,24). The third-order valence-corrected chi connectivity index (χ3v) is 5.16. The summed E-state index contributed by atoms with van der Waals surface area (Å²) in [5, 5.41) is 10.5. The van der Waals surface area contributed by atoms with Gasteiger partial charge in [0.1, 0.15) is 23.5 Å². The van der Waals surface area contributed by atoms with Crippen molar-refractivity contribution in [1.82, 2.24) is 14.9 Å². The summed E-state index contributed by atoms with van der Waals surface area (Å²) in [5.74, 6) is -0.0788. The Hall–Kier alpha value is -2.44. The zero-order valence-electron chi connectivity index (χ0n) is 15.6. The molecule has 1 aliphatic rings. The van der Waals surface area contributed by atoms with Crippen molar-refractivity contribution in [2.75, 3.05) is 20.1 Å². The van der Waals surface area contributed by atoms with Gasteiger partial charge >= 0.3 is 0 Å². The quantitative estimate of drug-likeness (QED) is 0.732. The predicted octanol–water partition coefficient (Wildman–Crippen LogP) is 3.92. The molecule has 3 aromatic rings. The van der Waals surface area contributed by atoms with Gasteiger partial charge in [-0.3, -0.25) is 0 Å². The Kier molecular flexibility index (Phi) is 4.85. The number of likely N-dealkylation sites (tertiary alicyclic amines) is 1. The smallest absolute Gasteiger partial charge is 0.147 e. The van der Waals surface area contributed by atoms with Gasteiger partial charge in [-0.05, 0) is 56.6 Å². The first-order valence-corrected chi connectivity index (χ1v) is 9.29. The van der Waals surface area contributed by atoms with Crippen LogP contribution in [0.2, 0.25) is 0 Å². The molecule has 0 spiro atoms. The summed E-state index contributed by atoms with van der Waals surface area (Å²) >= 11 is 0. The maximum absolute atomic E-state index is 14.8. The van der Waals surface area contributed by atoms with E-state index in [1.165, 1.54) is 6.07 Å².